The Kier molecular flexibility index (Phi) is 3.93. The van der Waals surface area contributed by atoms with Gasteiger partial charge in [-0.25, -0.2) is 0 Å². The van der Waals surface area contributed by atoms with Crippen LogP contribution in [0.1, 0.15) is 20.8 Å². The van der Waals surface area contributed by atoms with Gasteiger partial charge in [0.1, 0.15) is 0 Å². The Morgan fingerprint density at radius 2 is 1.11 bits per heavy atom. The van der Waals surface area contributed by atoms with E-state index in [0.717, 1.165) is 0 Å². The maximum atomic E-state index is 6.24. The zero-order chi connectivity index (χ0) is 13.9. The first-order valence-corrected chi connectivity index (χ1v) is 9.03. The molecule has 0 aliphatic heterocycles. The number of rotatable bonds is 3. The van der Waals surface area contributed by atoms with Crippen LogP contribution in [-0.4, -0.2) is 15.4 Å². The molecule has 0 spiro atoms. The van der Waals surface area contributed by atoms with Crippen LogP contribution in [-0.2, 0) is 4.43 Å². The molecule has 0 aromatic heterocycles. The van der Waals surface area contributed by atoms with E-state index in [1.54, 1.807) is 0 Å². The number of benzene rings is 2. The third kappa shape index (κ3) is 2.38. The van der Waals surface area contributed by atoms with E-state index in [2.05, 4.69) is 81.4 Å². The van der Waals surface area contributed by atoms with Crippen molar-refractivity contribution in [3.8, 4) is 0 Å². The number of hydrogen-bond donors (Lipinski definition) is 0. The van der Waals surface area contributed by atoms with E-state index in [9.17, 15) is 0 Å². The van der Waals surface area contributed by atoms with E-state index < -0.39 is 8.32 Å². The standard InChI is InChI=1S/C17H23OSi/c1-17(2,3)19(18-4,15-11-7-5-8-12-15)16-13-9-6-10-14-16/h5-14,19H,1-4H3/q-1. The van der Waals surface area contributed by atoms with Crippen LogP contribution in [0.25, 0.3) is 0 Å². The van der Waals surface area contributed by atoms with Gasteiger partial charge in [-0.3, -0.25) is 0 Å². The van der Waals surface area contributed by atoms with Crippen LogP contribution in [0, 0.1) is 0 Å². The summed E-state index contributed by atoms with van der Waals surface area (Å²) in [5.74, 6) is 0. The molecule has 0 N–H and O–H groups in total. The molecular weight excluding hydrogens is 248 g/mol. The second-order valence-corrected chi connectivity index (χ2v) is 11.3. The van der Waals surface area contributed by atoms with Crippen molar-refractivity contribution in [1.82, 2.24) is 0 Å². The van der Waals surface area contributed by atoms with Crippen molar-refractivity contribution in [2.24, 2.45) is 0 Å². The zero-order valence-corrected chi connectivity index (χ0v) is 13.4. The first kappa shape index (κ1) is 14.0. The Hall–Kier alpha value is -1.38. The van der Waals surface area contributed by atoms with Crippen LogP contribution < -0.4 is 10.4 Å². The van der Waals surface area contributed by atoms with Gasteiger partial charge in [0.05, 0.1) is 0 Å². The molecule has 0 unspecified atom stereocenters. The SMILES string of the molecule is CO[SiH-](c1ccccc1)(c1ccccc1)C(C)(C)C. The Bertz CT molecular complexity index is 474. The van der Waals surface area contributed by atoms with Crippen molar-refractivity contribution in [1.29, 1.82) is 0 Å². The summed E-state index contributed by atoms with van der Waals surface area (Å²) in [6.07, 6.45) is 0. The zero-order valence-electron chi connectivity index (χ0n) is 12.3. The quantitative estimate of drug-likeness (QED) is 0.780. The summed E-state index contributed by atoms with van der Waals surface area (Å²) in [5, 5.41) is 2.83. The molecule has 0 aliphatic rings. The van der Waals surface area contributed by atoms with Gasteiger partial charge in [-0.1, -0.05) is 0 Å². The molecular formula is C17H23OSi-. The normalized spacial score (nSPS) is 13.3. The fourth-order valence-electron chi connectivity index (χ4n) is 3.27. The summed E-state index contributed by atoms with van der Waals surface area (Å²) >= 11 is 0. The molecule has 0 saturated carbocycles. The average molecular weight is 271 g/mol. The van der Waals surface area contributed by atoms with Crippen molar-refractivity contribution < 1.29 is 4.43 Å². The summed E-state index contributed by atoms with van der Waals surface area (Å²) in [6, 6.07) is 21.4. The summed E-state index contributed by atoms with van der Waals surface area (Å²) in [4.78, 5) is 0. The summed E-state index contributed by atoms with van der Waals surface area (Å²) < 4.78 is 6.24. The minimum absolute atomic E-state index is 0.116. The Morgan fingerprint density at radius 1 is 0.737 bits per heavy atom. The molecule has 2 heteroatoms. The van der Waals surface area contributed by atoms with Gasteiger partial charge in [0.25, 0.3) is 0 Å². The maximum absolute atomic E-state index is 6.24. The van der Waals surface area contributed by atoms with Gasteiger partial charge < -0.3 is 0 Å². The molecule has 0 amide bonds. The molecule has 0 fully saturated rings. The second kappa shape index (κ2) is 5.31. The van der Waals surface area contributed by atoms with Gasteiger partial charge in [-0.05, 0) is 0 Å². The van der Waals surface area contributed by atoms with Crippen molar-refractivity contribution >= 4 is 18.7 Å². The van der Waals surface area contributed by atoms with E-state index in [4.69, 9.17) is 4.43 Å². The molecule has 2 rings (SSSR count). The Labute approximate surface area is 117 Å². The molecule has 1 nitrogen and oxygen atoms in total. The Balaban J connectivity index is 2.70. The van der Waals surface area contributed by atoms with Crippen molar-refractivity contribution in [2.45, 2.75) is 25.8 Å². The molecule has 0 atom stereocenters. The fourth-order valence-corrected chi connectivity index (χ4v) is 8.43. The first-order chi connectivity index (χ1) is 9.02. The molecule has 102 valence electrons. The van der Waals surface area contributed by atoms with Crippen molar-refractivity contribution in [3.05, 3.63) is 60.7 Å². The van der Waals surface area contributed by atoms with Gasteiger partial charge in [0, 0.05) is 0 Å². The van der Waals surface area contributed by atoms with Crippen LogP contribution >= 0.6 is 0 Å². The van der Waals surface area contributed by atoms with Crippen LogP contribution in [0.15, 0.2) is 60.7 Å². The molecule has 2 aromatic carbocycles. The van der Waals surface area contributed by atoms with E-state index in [1.165, 1.54) is 10.4 Å². The predicted octanol–water partition coefficient (Wildman–Crippen LogP) is 2.93. The average Bonchev–Trinajstić information content (AvgIpc) is 2.41. The Morgan fingerprint density at radius 3 is 1.37 bits per heavy atom. The third-order valence-corrected chi connectivity index (χ3v) is 9.90. The molecule has 0 aliphatic carbocycles. The first-order valence-electron chi connectivity index (χ1n) is 6.83. The molecule has 0 saturated heterocycles. The van der Waals surface area contributed by atoms with E-state index >= 15 is 0 Å². The monoisotopic (exact) mass is 271 g/mol. The third-order valence-electron chi connectivity index (χ3n) is 4.11. The summed E-state index contributed by atoms with van der Waals surface area (Å²) in [7, 11) is -0.710. The van der Waals surface area contributed by atoms with Crippen LogP contribution in [0.3, 0.4) is 0 Å². The van der Waals surface area contributed by atoms with E-state index in [1.807, 2.05) is 7.11 Å². The predicted molar refractivity (Wildman–Crippen MR) is 86.0 cm³/mol. The van der Waals surface area contributed by atoms with Gasteiger partial charge >= 0.3 is 117 Å². The van der Waals surface area contributed by atoms with Crippen LogP contribution in [0.5, 0.6) is 0 Å². The fraction of sp³-hybridized carbons (Fsp3) is 0.294. The van der Waals surface area contributed by atoms with Crippen molar-refractivity contribution in [2.75, 3.05) is 7.11 Å². The van der Waals surface area contributed by atoms with Crippen LogP contribution in [0.2, 0.25) is 5.04 Å². The molecule has 0 heterocycles. The van der Waals surface area contributed by atoms with E-state index in [0.29, 0.717) is 0 Å². The van der Waals surface area contributed by atoms with Crippen LogP contribution in [0.4, 0.5) is 0 Å². The molecule has 0 bridgehead atoms. The topological polar surface area (TPSA) is 9.23 Å². The van der Waals surface area contributed by atoms with Gasteiger partial charge in [0.15, 0.2) is 0 Å². The van der Waals surface area contributed by atoms with Gasteiger partial charge in [-0.2, -0.15) is 0 Å². The van der Waals surface area contributed by atoms with Crippen molar-refractivity contribution in [3.63, 3.8) is 0 Å². The molecule has 2 aromatic rings. The van der Waals surface area contributed by atoms with Gasteiger partial charge in [-0.15, -0.1) is 0 Å². The van der Waals surface area contributed by atoms with E-state index in [-0.39, 0.29) is 5.04 Å². The number of hydrogen-bond acceptors (Lipinski definition) is 1. The second-order valence-electron chi connectivity index (χ2n) is 6.21. The molecule has 19 heavy (non-hydrogen) atoms. The summed E-state index contributed by atoms with van der Waals surface area (Å²) in [5.41, 5.74) is 0. The summed E-state index contributed by atoms with van der Waals surface area (Å²) in [6.45, 7) is 6.88. The molecule has 0 radical (unpaired) electrons. The van der Waals surface area contributed by atoms with Gasteiger partial charge in [0.2, 0.25) is 0 Å². The minimum atomic E-state index is -2.58.